The third-order valence-electron chi connectivity index (χ3n) is 5.92. The van der Waals surface area contributed by atoms with E-state index in [-0.39, 0.29) is 0 Å². The lowest BCUT2D eigenvalue weighted by atomic mass is 9.29. The molecule has 3 aliphatic heterocycles. The molecule has 4 unspecified atom stereocenters. The van der Waals surface area contributed by atoms with Gasteiger partial charge in [0.15, 0.2) is 0 Å². The Bertz CT molecular complexity index is 362. The van der Waals surface area contributed by atoms with Crippen molar-refractivity contribution >= 4 is 24.5 Å². The molecule has 0 aromatic rings. The molecule has 1 aliphatic carbocycles. The highest BCUT2D eigenvalue weighted by Crippen LogP contribution is 2.59. The molecule has 3 heterocycles. The standard InChI is InChI=1S/C16H27BNS/c1-4-16-7-5-6-14-12(8-13(10-16)17-16)9-15(19)18(14)11(2)3/h11-14H,4-10H2,1-3H3. The van der Waals surface area contributed by atoms with Crippen molar-refractivity contribution in [1.82, 2.24) is 4.90 Å². The molecule has 4 atom stereocenters. The van der Waals surface area contributed by atoms with Crippen molar-refractivity contribution in [1.29, 1.82) is 0 Å². The number of hydrogen-bond acceptors (Lipinski definition) is 1. The molecule has 1 radical (unpaired) electrons. The maximum atomic E-state index is 5.67. The Morgan fingerprint density at radius 1 is 1.47 bits per heavy atom. The lowest BCUT2D eigenvalue weighted by Crippen LogP contribution is -2.40. The second-order valence-electron chi connectivity index (χ2n) is 7.40. The fourth-order valence-corrected chi connectivity index (χ4v) is 5.54. The van der Waals surface area contributed by atoms with Crippen LogP contribution in [-0.4, -0.2) is 29.3 Å². The van der Waals surface area contributed by atoms with Crippen LogP contribution >= 0.6 is 12.2 Å². The molecule has 4 fully saturated rings. The number of thiocarbonyl (C=S) groups is 1. The monoisotopic (exact) mass is 276 g/mol. The van der Waals surface area contributed by atoms with Crippen molar-refractivity contribution in [2.75, 3.05) is 0 Å². The zero-order valence-electron chi connectivity index (χ0n) is 12.7. The summed E-state index contributed by atoms with van der Waals surface area (Å²) in [6, 6.07) is 1.33. The molecule has 1 saturated carbocycles. The van der Waals surface area contributed by atoms with Crippen molar-refractivity contribution in [2.24, 2.45) is 5.92 Å². The predicted octanol–water partition coefficient (Wildman–Crippen LogP) is 4.45. The fraction of sp³-hybridized carbons (Fsp3) is 0.938. The van der Waals surface area contributed by atoms with E-state index < -0.39 is 0 Å². The third-order valence-corrected chi connectivity index (χ3v) is 6.30. The molecular formula is C16H27BNS. The van der Waals surface area contributed by atoms with Crippen molar-refractivity contribution in [3.05, 3.63) is 0 Å². The Morgan fingerprint density at radius 3 is 2.84 bits per heavy atom. The van der Waals surface area contributed by atoms with Gasteiger partial charge in [0.1, 0.15) is 7.28 Å². The minimum atomic E-state index is 0.586. The third kappa shape index (κ3) is 2.37. The summed E-state index contributed by atoms with van der Waals surface area (Å²) in [6.07, 6.45) is 9.57. The van der Waals surface area contributed by atoms with Crippen molar-refractivity contribution < 1.29 is 0 Å². The molecule has 105 valence electrons. The average molecular weight is 276 g/mol. The fourth-order valence-electron chi connectivity index (χ4n) is 4.98. The summed E-state index contributed by atoms with van der Waals surface area (Å²) in [7, 11) is 2.70. The highest BCUT2D eigenvalue weighted by Gasteiger charge is 2.48. The highest BCUT2D eigenvalue weighted by atomic mass is 32.1. The van der Waals surface area contributed by atoms with Crippen LogP contribution in [0.4, 0.5) is 0 Å². The first-order valence-corrected chi connectivity index (χ1v) is 8.62. The Balaban J connectivity index is 1.75. The topological polar surface area (TPSA) is 3.24 Å². The molecule has 0 spiro atoms. The zero-order valence-corrected chi connectivity index (χ0v) is 13.5. The van der Waals surface area contributed by atoms with Gasteiger partial charge in [-0.2, -0.15) is 0 Å². The number of hydrogen-bond donors (Lipinski definition) is 0. The molecule has 3 heteroatoms. The van der Waals surface area contributed by atoms with Crippen molar-refractivity contribution in [3.63, 3.8) is 0 Å². The summed E-state index contributed by atoms with van der Waals surface area (Å²) in [6.45, 7) is 6.99. The smallest absolute Gasteiger partial charge is 0.122 e. The molecule has 0 aromatic carbocycles. The number of nitrogens with zero attached hydrogens (tertiary/aromatic N) is 1. The van der Waals surface area contributed by atoms with Crippen LogP contribution < -0.4 is 0 Å². The molecule has 0 amide bonds. The van der Waals surface area contributed by atoms with Gasteiger partial charge < -0.3 is 4.90 Å². The summed E-state index contributed by atoms with van der Waals surface area (Å²) in [5.41, 5.74) is 0. The first kappa shape index (κ1) is 13.9. The minimum absolute atomic E-state index is 0.586. The molecule has 4 aliphatic rings. The van der Waals surface area contributed by atoms with Gasteiger partial charge in [0, 0.05) is 18.5 Å². The molecular weight excluding hydrogens is 249 g/mol. The van der Waals surface area contributed by atoms with E-state index in [1.54, 1.807) is 0 Å². The largest absolute Gasteiger partial charge is 0.360 e. The normalized spacial score (nSPS) is 42.0. The van der Waals surface area contributed by atoms with E-state index in [0.29, 0.717) is 11.4 Å². The summed E-state index contributed by atoms with van der Waals surface area (Å²) < 4.78 is 0. The molecule has 1 nitrogen and oxygen atoms in total. The van der Waals surface area contributed by atoms with E-state index in [1.807, 2.05) is 0 Å². The van der Waals surface area contributed by atoms with E-state index >= 15 is 0 Å². The predicted molar refractivity (Wildman–Crippen MR) is 87.0 cm³/mol. The van der Waals surface area contributed by atoms with Crippen LogP contribution in [0.5, 0.6) is 0 Å². The zero-order chi connectivity index (χ0) is 13.6. The van der Waals surface area contributed by atoms with E-state index in [2.05, 4.69) is 33.0 Å². The summed E-state index contributed by atoms with van der Waals surface area (Å²) in [5, 5.41) is 0.618. The molecule has 2 bridgehead atoms. The molecule has 0 N–H and O–H groups in total. The van der Waals surface area contributed by atoms with Gasteiger partial charge in [-0.1, -0.05) is 62.4 Å². The summed E-state index contributed by atoms with van der Waals surface area (Å²) in [4.78, 5) is 3.81. The maximum absolute atomic E-state index is 5.67. The first-order valence-electron chi connectivity index (χ1n) is 8.22. The van der Waals surface area contributed by atoms with Crippen LogP contribution in [0.1, 0.15) is 65.7 Å². The van der Waals surface area contributed by atoms with Gasteiger partial charge in [-0.15, -0.1) is 0 Å². The van der Waals surface area contributed by atoms with Crippen LogP contribution in [0.15, 0.2) is 0 Å². The van der Waals surface area contributed by atoms with Crippen LogP contribution in [0.3, 0.4) is 0 Å². The van der Waals surface area contributed by atoms with Crippen LogP contribution in [0.2, 0.25) is 11.1 Å². The first-order chi connectivity index (χ1) is 9.04. The molecule has 0 aromatic heterocycles. The van der Waals surface area contributed by atoms with Crippen LogP contribution in [0.25, 0.3) is 0 Å². The van der Waals surface area contributed by atoms with Gasteiger partial charge in [0.05, 0.1) is 4.99 Å². The maximum Gasteiger partial charge on any atom is 0.122 e. The van der Waals surface area contributed by atoms with Gasteiger partial charge in [-0.25, -0.2) is 0 Å². The number of likely N-dealkylation sites (tertiary alicyclic amines) is 1. The second kappa shape index (κ2) is 5.05. The second-order valence-corrected chi connectivity index (χ2v) is 7.87. The lowest BCUT2D eigenvalue weighted by Gasteiger charge is -2.47. The number of rotatable bonds is 2. The summed E-state index contributed by atoms with van der Waals surface area (Å²) >= 11 is 5.67. The van der Waals surface area contributed by atoms with Gasteiger partial charge in [0.2, 0.25) is 0 Å². The quantitative estimate of drug-likeness (QED) is 0.541. The van der Waals surface area contributed by atoms with Crippen molar-refractivity contribution in [2.45, 2.75) is 88.9 Å². The molecule has 19 heavy (non-hydrogen) atoms. The highest BCUT2D eigenvalue weighted by molar-refractivity contribution is 7.80. The number of fused-ring (bicyclic) bond motifs is 2. The lowest BCUT2D eigenvalue weighted by molar-refractivity contribution is 0.218. The van der Waals surface area contributed by atoms with Crippen LogP contribution in [-0.2, 0) is 0 Å². The van der Waals surface area contributed by atoms with E-state index in [4.69, 9.17) is 12.2 Å². The van der Waals surface area contributed by atoms with E-state index in [1.165, 1.54) is 49.9 Å². The van der Waals surface area contributed by atoms with Gasteiger partial charge in [0.25, 0.3) is 0 Å². The average Bonchev–Trinajstić information content (AvgIpc) is 2.65. The van der Waals surface area contributed by atoms with Gasteiger partial charge in [-0.3, -0.25) is 0 Å². The Labute approximate surface area is 124 Å². The Hall–Kier alpha value is -0.0451. The Kier molecular flexibility index (Phi) is 3.70. The SMILES string of the molecule is CCC12[B]C(CC3CC(=S)N(C(C)C)C3CCC1)C2. The van der Waals surface area contributed by atoms with Gasteiger partial charge >= 0.3 is 0 Å². The van der Waals surface area contributed by atoms with Gasteiger partial charge in [-0.05, 0) is 26.2 Å². The Morgan fingerprint density at radius 2 is 2.21 bits per heavy atom. The minimum Gasteiger partial charge on any atom is -0.360 e. The molecule has 4 rings (SSSR count). The van der Waals surface area contributed by atoms with Crippen molar-refractivity contribution in [3.8, 4) is 0 Å². The molecule has 3 saturated heterocycles. The summed E-state index contributed by atoms with van der Waals surface area (Å²) in [5.74, 6) is 1.73. The van der Waals surface area contributed by atoms with Crippen LogP contribution in [0, 0.1) is 5.92 Å². The van der Waals surface area contributed by atoms with E-state index in [9.17, 15) is 0 Å². The van der Waals surface area contributed by atoms with E-state index in [0.717, 1.165) is 17.8 Å².